The van der Waals surface area contributed by atoms with Crippen molar-refractivity contribution in [3.63, 3.8) is 0 Å². The first-order valence-electron chi connectivity index (χ1n) is 11.2. The molecule has 9 heteroatoms. The number of amidine groups is 1. The second kappa shape index (κ2) is 9.79. The SMILES string of the molecule is COc1ccc(C2=NN(C3=NC(=O)[C@@H](CC(=O)Nc4ccccc4C)S3)[C@@H](c3ccco3)C2)cc1. The van der Waals surface area contributed by atoms with E-state index < -0.39 is 5.25 Å². The van der Waals surface area contributed by atoms with Gasteiger partial charge >= 0.3 is 0 Å². The number of rotatable bonds is 6. The Bertz CT molecular complexity index is 1300. The molecule has 35 heavy (non-hydrogen) atoms. The van der Waals surface area contributed by atoms with Gasteiger partial charge in [-0.15, -0.1) is 0 Å². The molecule has 8 nitrogen and oxygen atoms in total. The number of carbonyl (C=O) groups excluding carboxylic acids is 2. The number of benzene rings is 2. The predicted octanol–water partition coefficient (Wildman–Crippen LogP) is 4.77. The van der Waals surface area contributed by atoms with E-state index in [4.69, 9.17) is 14.3 Å². The van der Waals surface area contributed by atoms with E-state index in [2.05, 4.69) is 10.3 Å². The molecule has 0 aliphatic carbocycles. The number of ether oxygens (including phenoxy) is 1. The minimum absolute atomic E-state index is 0.0269. The number of methoxy groups -OCH3 is 1. The van der Waals surface area contributed by atoms with Crippen molar-refractivity contribution in [2.75, 3.05) is 12.4 Å². The van der Waals surface area contributed by atoms with Crippen molar-refractivity contribution in [3.05, 3.63) is 83.8 Å². The molecule has 2 atom stereocenters. The third-order valence-corrected chi connectivity index (χ3v) is 7.06. The van der Waals surface area contributed by atoms with Gasteiger partial charge in [0.1, 0.15) is 22.8 Å². The van der Waals surface area contributed by atoms with Gasteiger partial charge in [-0.3, -0.25) is 9.59 Å². The fourth-order valence-corrected chi connectivity index (χ4v) is 5.10. The average Bonchev–Trinajstić information content (AvgIpc) is 3.61. The van der Waals surface area contributed by atoms with Crippen LogP contribution in [-0.4, -0.2) is 40.1 Å². The van der Waals surface area contributed by atoms with Crippen LogP contribution in [-0.2, 0) is 9.59 Å². The molecule has 178 valence electrons. The molecule has 0 spiro atoms. The lowest BCUT2D eigenvalue weighted by Crippen LogP contribution is -2.25. The molecular formula is C26H24N4O4S. The molecule has 0 fully saturated rings. The van der Waals surface area contributed by atoms with Crippen LogP contribution in [0, 0.1) is 6.92 Å². The first kappa shape index (κ1) is 22.9. The van der Waals surface area contributed by atoms with E-state index >= 15 is 0 Å². The molecule has 1 aromatic heterocycles. The first-order valence-corrected chi connectivity index (χ1v) is 12.1. The summed E-state index contributed by atoms with van der Waals surface area (Å²) in [6.45, 7) is 1.92. The highest BCUT2D eigenvalue weighted by Crippen LogP contribution is 2.39. The highest BCUT2D eigenvalue weighted by atomic mass is 32.2. The number of nitrogens with zero attached hydrogens (tertiary/aromatic N) is 3. The minimum atomic E-state index is -0.605. The number of carbonyl (C=O) groups is 2. The van der Waals surface area contributed by atoms with Gasteiger partial charge in [-0.25, -0.2) is 5.01 Å². The van der Waals surface area contributed by atoms with Gasteiger partial charge in [-0.2, -0.15) is 10.1 Å². The summed E-state index contributed by atoms with van der Waals surface area (Å²) in [4.78, 5) is 29.6. The van der Waals surface area contributed by atoms with Crippen LogP contribution < -0.4 is 10.1 Å². The Kier molecular flexibility index (Phi) is 6.41. The third-order valence-electron chi connectivity index (χ3n) is 5.92. The summed E-state index contributed by atoms with van der Waals surface area (Å²) < 4.78 is 10.9. The maximum absolute atomic E-state index is 12.7. The highest BCUT2D eigenvalue weighted by Gasteiger charge is 2.40. The Balaban J connectivity index is 1.33. The van der Waals surface area contributed by atoms with E-state index in [0.717, 1.165) is 34.0 Å². The number of hydrogen-bond acceptors (Lipinski definition) is 7. The predicted molar refractivity (Wildman–Crippen MR) is 136 cm³/mol. The second-order valence-electron chi connectivity index (χ2n) is 8.26. The van der Waals surface area contributed by atoms with Gasteiger partial charge in [-0.1, -0.05) is 30.0 Å². The first-order chi connectivity index (χ1) is 17.0. The van der Waals surface area contributed by atoms with Gasteiger partial charge < -0.3 is 14.5 Å². The zero-order chi connectivity index (χ0) is 24.4. The Hall–Kier alpha value is -3.85. The van der Waals surface area contributed by atoms with Crippen molar-refractivity contribution in [3.8, 4) is 5.75 Å². The molecule has 0 radical (unpaired) electrons. The van der Waals surface area contributed by atoms with Gasteiger partial charge in [0.15, 0.2) is 5.17 Å². The number of furan rings is 1. The van der Waals surface area contributed by atoms with Crippen LogP contribution in [0.4, 0.5) is 5.69 Å². The van der Waals surface area contributed by atoms with E-state index in [9.17, 15) is 9.59 Å². The maximum Gasteiger partial charge on any atom is 0.262 e. The lowest BCUT2D eigenvalue weighted by atomic mass is 10.0. The highest BCUT2D eigenvalue weighted by molar-refractivity contribution is 8.15. The number of hydrazone groups is 1. The zero-order valence-corrected chi connectivity index (χ0v) is 20.1. The number of amides is 2. The molecule has 0 saturated carbocycles. The molecule has 5 rings (SSSR count). The van der Waals surface area contributed by atoms with Crippen LogP contribution in [0.2, 0.25) is 0 Å². The summed E-state index contributed by atoms with van der Waals surface area (Å²) in [6, 6.07) is 18.7. The summed E-state index contributed by atoms with van der Waals surface area (Å²) in [5, 5.41) is 9.29. The largest absolute Gasteiger partial charge is 0.497 e. The van der Waals surface area contributed by atoms with Crippen LogP contribution in [0.25, 0.3) is 0 Å². The topological polar surface area (TPSA) is 96.5 Å². The van der Waals surface area contributed by atoms with E-state index in [0.29, 0.717) is 11.6 Å². The number of aliphatic imine (C=N–C) groups is 1. The molecule has 0 saturated heterocycles. The molecular weight excluding hydrogens is 464 g/mol. The van der Waals surface area contributed by atoms with Crippen molar-refractivity contribution < 1.29 is 18.7 Å². The monoisotopic (exact) mass is 488 g/mol. The van der Waals surface area contributed by atoms with Crippen LogP contribution in [0.1, 0.15) is 35.8 Å². The van der Waals surface area contributed by atoms with Gasteiger partial charge in [0.25, 0.3) is 5.91 Å². The Morgan fingerprint density at radius 1 is 1.17 bits per heavy atom. The van der Waals surface area contributed by atoms with Crippen molar-refractivity contribution >= 4 is 40.1 Å². The van der Waals surface area contributed by atoms with Gasteiger partial charge in [0, 0.05) is 18.5 Å². The second-order valence-corrected chi connectivity index (χ2v) is 9.43. The molecule has 2 aliphatic rings. The van der Waals surface area contributed by atoms with Crippen molar-refractivity contribution in [2.24, 2.45) is 10.1 Å². The minimum Gasteiger partial charge on any atom is -0.497 e. The Morgan fingerprint density at radius 2 is 1.97 bits per heavy atom. The van der Waals surface area contributed by atoms with Crippen molar-refractivity contribution in [1.82, 2.24) is 5.01 Å². The van der Waals surface area contributed by atoms with Gasteiger partial charge in [0.05, 0.1) is 19.1 Å². The smallest absolute Gasteiger partial charge is 0.262 e. The van der Waals surface area contributed by atoms with E-state index in [1.165, 1.54) is 11.8 Å². The zero-order valence-electron chi connectivity index (χ0n) is 19.3. The summed E-state index contributed by atoms with van der Waals surface area (Å²) in [6.07, 6.45) is 2.23. The molecule has 0 bridgehead atoms. The molecule has 3 aromatic rings. The summed E-state index contributed by atoms with van der Waals surface area (Å²) in [7, 11) is 1.63. The van der Waals surface area contributed by atoms with E-state index in [-0.39, 0.29) is 24.3 Å². The van der Waals surface area contributed by atoms with Crippen molar-refractivity contribution in [2.45, 2.75) is 31.1 Å². The number of aryl methyl sites for hydroxylation is 1. The molecule has 1 N–H and O–H groups in total. The summed E-state index contributed by atoms with van der Waals surface area (Å²) in [5.41, 5.74) is 3.50. The maximum atomic E-state index is 12.7. The number of thioether (sulfide) groups is 1. The standard InChI is InChI=1S/C26H24N4O4S/c1-16-6-3-4-7-19(16)27-24(31)15-23-25(32)28-26(35-23)30-21(22-8-5-13-34-22)14-20(29-30)17-9-11-18(33-2)12-10-17/h3-13,21,23H,14-15H2,1-2H3,(H,27,31)/t21-,23-/m1/s1. The molecule has 0 unspecified atom stereocenters. The number of hydrogen-bond donors (Lipinski definition) is 1. The lowest BCUT2D eigenvalue weighted by Gasteiger charge is -2.21. The molecule has 2 amide bonds. The van der Waals surface area contributed by atoms with E-state index in [1.807, 2.05) is 67.6 Å². The lowest BCUT2D eigenvalue weighted by molar-refractivity contribution is -0.121. The van der Waals surface area contributed by atoms with E-state index in [1.54, 1.807) is 18.4 Å². The third kappa shape index (κ3) is 4.85. The fraction of sp³-hybridized carbons (Fsp3) is 0.231. The summed E-state index contributed by atoms with van der Waals surface area (Å²) in [5.74, 6) is 0.929. The molecule has 3 heterocycles. The number of para-hydroxylation sites is 1. The van der Waals surface area contributed by atoms with Gasteiger partial charge in [-0.05, 0) is 60.5 Å². The fourth-order valence-electron chi connectivity index (χ4n) is 4.03. The van der Waals surface area contributed by atoms with Crippen LogP contribution in [0.3, 0.4) is 0 Å². The summed E-state index contributed by atoms with van der Waals surface area (Å²) >= 11 is 1.26. The normalized spacial score (nSPS) is 19.5. The average molecular weight is 489 g/mol. The van der Waals surface area contributed by atoms with Gasteiger partial charge in [0.2, 0.25) is 5.91 Å². The molecule has 2 aromatic carbocycles. The molecule has 2 aliphatic heterocycles. The van der Waals surface area contributed by atoms with Crippen LogP contribution in [0.15, 0.2) is 81.4 Å². The van der Waals surface area contributed by atoms with Crippen LogP contribution in [0.5, 0.6) is 5.75 Å². The Labute approximate surface area is 207 Å². The van der Waals surface area contributed by atoms with Crippen LogP contribution >= 0.6 is 11.8 Å². The van der Waals surface area contributed by atoms with Crippen molar-refractivity contribution in [1.29, 1.82) is 0 Å². The Morgan fingerprint density at radius 3 is 2.69 bits per heavy atom. The number of anilines is 1. The quantitative estimate of drug-likeness (QED) is 0.537. The number of nitrogens with one attached hydrogen (secondary N) is 1.